The number of hydrogen-bond acceptors (Lipinski definition) is 4. The third-order valence-electron chi connectivity index (χ3n) is 2.12. The predicted octanol–water partition coefficient (Wildman–Crippen LogP) is 3.09. The summed E-state index contributed by atoms with van der Waals surface area (Å²) in [6, 6.07) is 0. The van der Waals surface area contributed by atoms with Crippen LogP contribution < -0.4 is 0 Å². The molecule has 102 valence electrons. The lowest BCUT2D eigenvalue weighted by Gasteiger charge is -1.97. The summed E-state index contributed by atoms with van der Waals surface area (Å²) in [4.78, 5) is 19.1. The van der Waals surface area contributed by atoms with Gasteiger partial charge in [-0.2, -0.15) is 0 Å². The van der Waals surface area contributed by atoms with Gasteiger partial charge in [-0.15, -0.1) is 0 Å². The molecule has 0 unspecified atom stereocenters. The van der Waals surface area contributed by atoms with Gasteiger partial charge in [-0.05, 0) is 12.8 Å². The van der Waals surface area contributed by atoms with Crippen molar-refractivity contribution in [3.05, 3.63) is 0 Å². The van der Waals surface area contributed by atoms with Crippen LogP contribution in [-0.2, 0) is 19.1 Å². The maximum atomic E-state index is 9.67. The van der Waals surface area contributed by atoms with Crippen molar-refractivity contribution in [3.63, 3.8) is 0 Å². The smallest absolute Gasteiger partial charge is 0.293 e. The van der Waals surface area contributed by atoms with Gasteiger partial charge < -0.3 is 9.47 Å². The second-order valence-electron chi connectivity index (χ2n) is 3.70. The van der Waals surface area contributed by atoms with Gasteiger partial charge in [0.15, 0.2) is 0 Å². The van der Waals surface area contributed by atoms with Crippen LogP contribution in [0, 0.1) is 0 Å². The average Bonchev–Trinajstić information content (AvgIpc) is 2.35. The Morgan fingerprint density at radius 3 is 1.65 bits per heavy atom. The summed E-state index contributed by atoms with van der Waals surface area (Å²) >= 11 is 0. The molecule has 0 aliphatic heterocycles. The van der Waals surface area contributed by atoms with E-state index in [0.717, 1.165) is 19.3 Å². The molecule has 0 atom stereocenters. The van der Waals surface area contributed by atoms with Gasteiger partial charge in [0.1, 0.15) is 0 Å². The topological polar surface area (TPSA) is 52.6 Å². The minimum atomic E-state index is 0.482. The molecule has 0 fully saturated rings. The van der Waals surface area contributed by atoms with E-state index in [-0.39, 0.29) is 0 Å². The summed E-state index contributed by atoms with van der Waals surface area (Å²) in [5.74, 6) is 0. The number of hydrogen-bond donors (Lipinski definition) is 0. The Kier molecular flexibility index (Phi) is 21.9. The fourth-order valence-corrected chi connectivity index (χ4v) is 1.11. The molecular formula is C13H26O4. The Morgan fingerprint density at radius 2 is 1.18 bits per heavy atom. The van der Waals surface area contributed by atoms with Crippen LogP contribution >= 0.6 is 0 Å². The molecule has 0 bridgehead atoms. The molecule has 0 spiro atoms. The van der Waals surface area contributed by atoms with Gasteiger partial charge in [-0.1, -0.05) is 46.0 Å². The molecular weight excluding hydrogens is 220 g/mol. The van der Waals surface area contributed by atoms with E-state index in [0.29, 0.717) is 26.2 Å². The van der Waals surface area contributed by atoms with Crippen molar-refractivity contribution in [3.8, 4) is 0 Å². The third-order valence-corrected chi connectivity index (χ3v) is 2.12. The summed E-state index contributed by atoms with van der Waals surface area (Å²) in [6.07, 6.45) is 8.06. The van der Waals surface area contributed by atoms with Gasteiger partial charge in [-0.3, -0.25) is 9.59 Å². The quantitative estimate of drug-likeness (QED) is 0.415. The van der Waals surface area contributed by atoms with Gasteiger partial charge in [0, 0.05) is 0 Å². The first-order valence-corrected chi connectivity index (χ1v) is 6.43. The summed E-state index contributed by atoms with van der Waals surface area (Å²) in [5.41, 5.74) is 0. The third kappa shape index (κ3) is 25.3. The second-order valence-corrected chi connectivity index (χ2v) is 3.70. The molecule has 0 aliphatic rings. The SMILES string of the molecule is CCCCCCCOC=O.CCCCOC=O. The van der Waals surface area contributed by atoms with E-state index in [9.17, 15) is 9.59 Å². The first kappa shape index (κ1) is 18.3. The van der Waals surface area contributed by atoms with Crippen molar-refractivity contribution >= 4 is 12.9 Å². The van der Waals surface area contributed by atoms with Gasteiger partial charge in [0.2, 0.25) is 0 Å². The average molecular weight is 246 g/mol. The zero-order valence-electron chi connectivity index (χ0n) is 11.2. The molecule has 0 aromatic carbocycles. The standard InChI is InChI=1S/C8H16O2.C5H10O2/c1-2-3-4-5-6-7-10-8-9;1-2-3-4-7-5-6/h8H,2-7H2,1H3;5H,2-4H2,1H3. The van der Waals surface area contributed by atoms with Gasteiger partial charge in [0.05, 0.1) is 13.2 Å². The van der Waals surface area contributed by atoms with Crippen molar-refractivity contribution in [1.29, 1.82) is 0 Å². The first-order valence-electron chi connectivity index (χ1n) is 6.43. The molecule has 0 amide bonds. The fourth-order valence-electron chi connectivity index (χ4n) is 1.11. The largest absolute Gasteiger partial charge is 0.468 e. The highest BCUT2D eigenvalue weighted by molar-refractivity contribution is 5.36. The number of carbonyl (C=O) groups excluding carboxylic acids is 2. The van der Waals surface area contributed by atoms with E-state index in [2.05, 4.69) is 16.4 Å². The lowest BCUT2D eigenvalue weighted by atomic mass is 10.2. The monoisotopic (exact) mass is 246 g/mol. The van der Waals surface area contributed by atoms with E-state index >= 15 is 0 Å². The van der Waals surface area contributed by atoms with Gasteiger partial charge in [-0.25, -0.2) is 0 Å². The Hall–Kier alpha value is -1.06. The van der Waals surface area contributed by atoms with Gasteiger partial charge >= 0.3 is 0 Å². The van der Waals surface area contributed by atoms with Crippen molar-refractivity contribution in [2.45, 2.75) is 58.8 Å². The summed E-state index contributed by atoms with van der Waals surface area (Å²) in [7, 11) is 0. The van der Waals surface area contributed by atoms with Crippen LogP contribution in [0.5, 0.6) is 0 Å². The van der Waals surface area contributed by atoms with Crippen LogP contribution in [0.3, 0.4) is 0 Å². The van der Waals surface area contributed by atoms with E-state index in [1.807, 2.05) is 6.92 Å². The molecule has 0 N–H and O–H groups in total. The van der Waals surface area contributed by atoms with E-state index in [4.69, 9.17) is 0 Å². The second kappa shape index (κ2) is 20.4. The van der Waals surface area contributed by atoms with Crippen LogP contribution in [0.1, 0.15) is 58.8 Å². The van der Waals surface area contributed by atoms with Crippen LogP contribution in [-0.4, -0.2) is 26.2 Å². The Bertz CT molecular complexity index is 148. The van der Waals surface area contributed by atoms with E-state index in [1.54, 1.807) is 0 Å². The molecule has 0 saturated heterocycles. The molecule has 4 nitrogen and oxygen atoms in total. The minimum absolute atomic E-state index is 0.482. The lowest BCUT2D eigenvalue weighted by Crippen LogP contribution is -1.90. The summed E-state index contributed by atoms with van der Waals surface area (Å²) in [5, 5.41) is 0. The molecule has 17 heavy (non-hydrogen) atoms. The predicted molar refractivity (Wildman–Crippen MR) is 67.7 cm³/mol. The highest BCUT2D eigenvalue weighted by atomic mass is 16.5. The van der Waals surface area contributed by atoms with Crippen LogP contribution in [0.2, 0.25) is 0 Å². The zero-order chi connectivity index (χ0) is 13.2. The van der Waals surface area contributed by atoms with Crippen LogP contribution in [0.15, 0.2) is 0 Å². The summed E-state index contributed by atoms with van der Waals surface area (Å²) in [6.45, 7) is 6.39. The first-order chi connectivity index (χ1) is 8.33. The Balaban J connectivity index is 0. The zero-order valence-corrected chi connectivity index (χ0v) is 11.2. The molecule has 4 heteroatoms. The lowest BCUT2D eigenvalue weighted by molar-refractivity contribution is -0.129. The number of carbonyl (C=O) groups is 2. The van der Waals surface area contributed by atoms with Crippen molar-refractivity contribution in [2.24, 2.45) is 0 Å². The van der Waals surface area contributed by atoms with Gasteiger partial charge in [0.25, 0.3) is 12.9 Å². The highest BCUT2D eigenvalue weighted by Crippen LogP contribution is 2.01. The molecule has 0 aromatic heterocycles. The highest BCUT2D eigenvalue weighted by Gasteiger charge is 1.87. The fraction of sp³-hybridized carbons (Fsp3) is 0.846. The van der Waals surface area contributed by atoms with Crippen LogP contribution in [0.25, 0.3) is 0 Å². The molecule has 0 saturated carbocycles. The Morgan fingerprint density at radius 1 is 0.706 bits per heavy atom. The van der Waals surface area contributed by atoms with E-state index in [1.165, 1.54) is 25.7 Å². The molecule has 0 aromatic rings. The number of rotatable bonds is 11. The normalized spacial score (nSPS) is 8.82. The minimum Gasteiger partial charge on any atom is -0.468 e. The molecule has 0 aliphatic carbocycles. The number of ether oxygens (including phenoxy) is 2. The van der Waals surface area contributed by atoms with E-state index < -0.39 is 0 Å². The Labute approximate surface area is 105 Å². The maximum absolute atomic E-state index is 9.67. The van der Waals surface area contributed by atoms with Crippen molar-refractivity contribution in [2.75, 3.05) is 13.2 Å². The molecule has 0 radical (unpaired) electrons. The van der Waals surface area contributed by atoms with Crippen LogP contribution in [0.4, 0.5) is 0 Å². The molecule has 0 heterocycles. The maximum Gasteiger partial charge on any atom is 0.293 e. The number of unbranched alkanes of at least 4 members (excludes halogenated alkanes) is 5. The molecule has 0 rings (SSSR count). The van der Waals surface area contributed by atoms with Crippen molar-refractivity contribution < 1.29 is 19.1 Å². The van der Waals surface area contributed by atoms with Crippen molar-refractivity contribution in [1.82, 2.24) is 0 Å². The summed E-state index contributed by atoms with van der Waals surface area (Å²) < 4.78 is 8.93.